The number of aliphatic imine (C=N–C) groups is 1. The quantitative estimate of drug-likeness (QED) is 0.160. The van der Waals surface area contributed by atoms with Crippen molar-refractivity contribution in [2.24, 2.45) is 15.2 Å². The zero-order valence-corrected chi connectivity index (χ0v) is 20.6. The lowest BCUT2D eigenvalue weighted by atomic mass is 10.0. The monoisotopic (exact) mass is 483 g/mol. The third kappa shape index (κ3) is 5.80. The molecule has 0 N–H and O–H groups in total. The molecule has 0 aliphatic carbocycles. The molecule has 0 spiro atoms. The van der Waals surface area contributed by atoms with Gasteiger partial charge in [0.2, 0.25) is 0 Å². The van der Waals surface area contributed by atoms with Gasteiger partial charge in [-0.3, -0.25) is 4.99 Å². The second-order valence-corrected chi connectivity index (χ2v) is 9.08. The Morgan fingerprint density at radius 1 is 0.556 bits per heavy atom. The van der Waals surface area contributed by atoms with E-state index in [-0.39, 0.29) is 0 Å². The summed E-state index contributed by atoms with van der Waals surface area (Å²) in [5, 5.41) is 11.2. The van der Waals surface area contributed by atoms with Crippen molar-refractivity contribution in [1.29, 1.82) is 0 Å². The van der Waals surface area contributed by atoms with E-state index in [1.54, 1.807) is 11.3 Å². The third-order valence-electron chi connectivity index (χ3n) is 5.71. The van der Waals surface area contributed by atoms with Gasteiger partial charge in [0.1, 0.15) is 5.71 Å². The zero-order chi connectivity index (χ0) is 24.4. The van der Waals surface area contributed by atoms with Crippen LogP contribution in [0.4, 0.5) is 0 Å². The first-order valence-electron chi connectivity index (χ1n) is 11.8. The van der Waals surface area contributed by atoms with Crippen LogP contribution in [0.1, 0.15) is 32.7 Å². The van der Waals surface area contributed by atoms with E-state index in [9.17, 15) is 0 Å². The van der Waals surface area contributed by atoms with Crippen molar-refractivity contribution < 1.29 is 0 Å². The van der Waals surface area contributed by atoms with Crippen LogP contribution in [0.3, 0.4) is 0 Å². The molecule has 0 saturated heterocycles. The van der Waals surface area contributed by atoms with Gasteiger partial charge in [-0.15, -0.1) is 16.4 Å². The van der Waals surface area contributed by atoms with Gasteiger partial charge in [0.15, 0.2) is 0 Å². The van der Waals surface area contributed by atoms with E-state index in [2.05, 4.69) is 70.2 Å². The lowest BCUT2D eigenvalue weighted by molar-refractivity contribution is 1.07. The fourth-order valence-corrected chi connectivity index (χ4v) is 4.68. The Hall–Kier alpha value is -4.41. The van der Waals surface area contributed by atoms with E-state index >= 15 is 0 Å². The van der Waals surface area contributed by atoms with Crippen molar-refractivity contribution in [1.82, 2.24) is 0 Å². The van der Waals surface area contributed by atoms with Crippen LogP contribution in [-0.2, 0) is 6.54 Å². The maximum atomic E-state index is 5.03. The first kappa shape index (κ1) is 23.3. The van der Waals surface area contributed by atoms with E-state index < -0.39 is 0 Å². The molecule has 0 aliphatic rings. The van der Waals surface area contributed by atoms with Crippen LogP contribution >= 0.6 is 11.3 Å². The first-order valence-corrected chi connectivity index (χ1v) is 12.7. The molecular formula is C32H25N3S. The zero-order valence-electron chi connectivity index (χ0n) is 19.7. The van der Waals surface area contributed by atoms with Crippen LogP contribution in [0.15, 0.2) is 148 Å². The minimum atomic E-state index is 0.567. The second kappa shape index (κ2) is 11.8. The van der Waals surface area contributed by atoms with E-state index in [0.717, 1.165) is 44.1 Å². The van der Waals surface area contributed by atoms with Gasteiger partial charge in [-0.05, 0) is 17.0 Å². The molecule has 36 heavy (non-hydrogen) atoms. The van der Waals surface area contributed by atoms with Gasteiger partial charge in [0, 0.05) is 22.3 Å². The summed E-state index contributed by atoms with van der Waals surface area (Å²) >= 11 is 1.65. The largest absolute Gasteiger partial charge is 0.279 e. The van der Waals surface area contributed by atoms with Crippen molar-refractivity contribution in [3.63, 3.8) is 0 Å². The summed E-state index contributed by atoms with van der Waals surface area (Å²) in [4.78, 5) is 6.09. The smallest absolute Gasteiger partial charge is 0.100 e. The summed E-state index contributed by atoms with van der Waals surface area (Å²) in [7, 11) is 0. The van der Waals surface area contributed by atoms with Crippen LogP contribution in [0.5, 0.6) is 0 Å². The van der Waals surface area contributed by atoms with Crippen molar-refractivity contribution in [2.75, 3.05) is 0 Å². The summed E-state index contributed by atoms with van der Waals surface area (Å²) in [6, 6.07) is 43.1. The fraction of sp³-hybridized carbons (Fsp3) is 0.0312. The molecule has 174 valence electrons. The Morgan fingerprint density at radius 2 is 1.00 bits per heavy atom. The summed E-state index contributed by atoms with van der Waals surface area (Å²) in [6.45, 7) is 0.567. The fourth-order valence-electron chi connectivity index (χ4n) is 3.91. The van der Waals surface area contributed by atoms with Gasteiger partial charge in [0.25, 0.3) is 0 Å². The van der Waals surface area contributed by atoms with Gasteiger partial charge in [-0.25, -0.2) is 0 Å². The van der Waals surface area contributed by atoms with Gasteiger partial charge in [-0.1, -0.05) is 121 Å². The molecular weight excluding hydrogens is 458 g/mol. The maximum Gasteiger partial charge on any atom is 0.100 e. The highest BCUT2D eigenvalue weighted by molar-refractivity contribution is 7.11. The number of rotatable bonds is 8. The highest BCUT2D eigenvalue weighted by Crippen LogP contribution is 2.19. The molecule has 1 heterocycles. The molecule has 0 bridgehead atoms. The second-order valence-electron chi connectivity index (χ2n) is 8.13. The molecule has 0 aliphatic heterocycles. The van der Waals surface area contributed by atoms with Gasteiger partial charge >= 0.3 is 0 Å². The van der Waals surface area contributed by atoms with Crippen LogP contribution in [0.2, 0.25) is 0 Å². The molecule has 4 aromatic carbocycles. The van der Waals surface area contributed by atoms with Crippen molar-refractivity contribution in [3.8, 4) is 0 Å². The van der Waals surface area contributed by atoms with E-state index in [4.69, 9.17) is 4.99 Å². The minimum absolute atomic E-state index is 0.567. The topological polar surface area (TPSA) is 37.1 Å². The lowest BCUT2D eigenvalue weighted by Gasteiger charge is -2.08. The number of nitrogens with zero attached hydrogens (tertiary/aromatic N) is 3. The third-order valence-corrected chi connectivity index (χ3v) is 6.60. The van der Waals surface area contributed by atoms with Crippen LogP contribution in [0, 0.1) is 0 Å². The molecule has 4 heteroatoms. The van der Waals surface area contributed by atoms with Crippen LogP contribution in [-0.4, -0.2) is 17.6 Å². The summed E-state index contributed by atoms with van der Waals surface area (Å²) < 4.78 is 0. The van der Waals surface area contributed by atoms with E-state index in [1.165, 1.54) is 0 Å². The van der Waals surface area contributed by atoms with E-state index in [0.29, 0.717) is 6.54 Å². The summed E-state index contributed by atoms with van der Waals surface area (Å²) in [5.74, 6) is 0. The lowest BCUT2D eigenvalue weighted by Crippen LogP contribution is -2.04. The standard InChI is InChI=1S/C32H25N3S/c1-5-13-25(14-6-1)31(26-15-7-2-8-16-26)33-23-29-21-22-36-30(29)24-34-35-32(27-17-9-3-10-18-27)28-19-11-4-12-20-28/h1-22,24H,23H2/b34-24-. The van der Waals surface area contributed by atoms with Gasteiger partial charge < -0.3 is 0 Å². The maximum absolute atomic E-state index is 5.03. The molecule has 5 rings (SSSR count). The Labute approximate surface area is 215 Å². The number of hydrogen-bond donors (Lipinski definition) is 0. The van der Waals surface area contributed by atoms with Gasteiger partial charge in [-0.2, -0.15) is 5.10 Å². The van der Waals surface area contributed by atoms with Crippen LogP contribution < -0.4 is 0 Å². The predicted molar refractivity (Wildman–Crippen MR) is 153 cm³/mol. The average Bonchev–Trinajstić information content (AvgIpc) is 3.40. The molecule has 0 unspecified atom stereocenters. The average molecular weight is 484 g/mol. The molecule has 0 radical (unpaired) electrons. The Bertz CT molecular complexity index is 1390. The molecule has 0 saturated carbocycles. The van der Waals surface area contributed by atoms with Crippen molar-refractivity contribution >= 4 is 29.0 Å². The Morgan fingerprint density at radius 3 is 1.47 bits per heavy atom. The highest BCUT2D eigenvalue weighted by atomic mass is 32.1. The molecule has 0 amide bonds. The Kier molecular flexibility index (Phi) is 7.67. The number of benzene rings is 4. The van der Waals surface area contributed by atoms with Crippen LogP contribution in [0.25, 0.3) is 0 Å². The summed E-state index contributed by atoms with van der Waals surface area (Å²) in [6.07, 6.45) is 1.84. The molecule has 5 aromatic rings. The van der Waals surface area contributed by atoms with Crippen molar-refractivity contribution in [3.05, 3.63) is 165 Å². The number of thiophene rings is 1. The predicted octanol–water partition coefficient (Wildman–Crippen LogP) is 7.66. The van der Waals surface area contributed by atoms with Gasteiger partial charge in [0.05, 0.1) is 23.3 Å². The summed E-state index contributed by atoms with van der Waals surface area (Å²) in [5.41, 5.74) is 7.24. The highest BCUT2D eigenvalue weighted by Gasteiger charge is 2.09. The number of hydrogen-bond acceptors (Lipinski definition) is 4. The SMILES string of the molecule is C(=N/N=C(c1ccccc1)c1ccccc1)/c1sccc1CN=C(c1ccccc1)c1ccccc1. The minimum Gasteiger partial charge on any atom is -0.279 e. The molecule has 3 nitrogen and oxygen atoms in total. The van der Waals surface area contributed by atoms with E-state index in [1.807, 2.05) is 79.0 Å². The molecule has 0 fully saturated rings. The normalized spacial score (nSPS) is 10.8. The Balaban J connectivity index is 1.43. The van der Waals surface area contributed by atoms with Crippen molar-refractivity contribution in [2.45, 2.75) is 6.54 Å². The molecule has 0 atom stereocenters. The molecule has 1 aromatic heterocycles. The first-order chi connectivity index (χ1) is 17.9.